The monoisotopic (exact) mass is 275 g/mol. The predicted molar refractivity (Wildman–Crippen MR) is 56.8 cm³/mol. The van der Waals surface area contributed by atoms with Crippen molar-refractivity contribution in [1.29, 1.82) is 0 Å². The molecule has 0 aliphatic rings. The van der Waals surface area contributed by atoms with Crippen molar-refractivity contribution in [3.05, 3.63) is 28.2 Å². The minimum Gasteiger partial charge on any atom is -0.466 e. The van der Waals surface area contributed by atoms with Crippen LogP contribution in [0.1, 0.15) is 19.0 Å². The number of nitrogens with zero attached hydrogens (tertiary/aromatic N) is 1. The summed E-state index contributed by atoms with van der Waals surface area (Å²) in [4.78, 5) is 14.9. The highest BCUT2D eigenvalue weighted by Gasteiger charge is 2.08. The van der Waals surface area contributed by atoms with E-state index in [1.54, 1.807) is 6.92 Å². The molecule has 1 heterocycles. The highest BCUT2D eigenvalue weighted by Crippen LogP contribution is 2.13. The molecule has 5 heteroatoms. The van der Waals surface area contributed by atoms with Gasteiger partial charge in [-0.15, -0.1) is 0 Å². The first-order valence-corrected chi connectivity index (χ1v) is 5.38. The molecule has 0 bridgehead atoms. The zero-order valence-corrected chi connectivity index (χ0v) is 9.88. The molecule has 3 nitrogen and oxygen atoms in total. The van der Waals surface area contributed by atoms with E-state index in [-0.39, 0.29) is 24.5 Å². The Morgan fingerprint density at radius 1 is 1.67 bits per heavy atom. The van der Waals surface area contributed by atoms with Crippen molar-refractivity contribution in [2.24, 2.45) is 0 Å². The first-order chi connectivity index (χ1) is 7.13. The second-order valence-electron chi connectivity index (χ2n) is 2.89. The van der Waals surface area contributed by atoms with Gasteiger partial charge in [-0.05, 0) is 28.9 Å². The fourth-order valence-corrected chi connectivity index (χ4v) is 1.38. The van der Waals surface area contributed by atoms with Gasteiger partial charge in [-0.1, -0.05) is 0 Å². The summed E-state index contributed by atoms with van der Waals surface area (Å²) in [6, 6.07) is 1.33. The minimum atomic E-state index is -0.409. The molecule has 0 aliphatic heterocycles. The van der Waals surface area contributed by atoms with E-state index in [2.05, 4.69) is 20.9 Å². The summed E-state index contributed by atoms with van der Waals surface area (Å²) in [5, 5.41) is 0. The van der Waals surface area contributed by atoms with Crippen LogP contribution in [0, 0.1) is 5.82 Å². The Bertz CT molecular complexity index is 357. The molecule has 82 valence electrons. The van der Waals surface area contributed by atoms with E-state index in [1.165, 1.54) is 12.3 Å². The summed E-state index contributed by atoms with van der Waals surface area (Å²) in [5.74, 6) is -0.740. The third kappa shape index (κ3) is 3.95. The number of hydrogen-bond acceptors (Lipinski definition) is 3. The van der Waals surface area contributed by atoms with Gasteiger partial charge in [0.15, 0.2) is 0 Å². The zero-order valence-electron chi connectivity index (χ0n) is 8.30. The van der Waals surface area contributed by atoms with E-state index in [0.29, 0.717) is 11.1 Å². The molecule has 15 heavy (non-hydrogen) atoms. The molecule has 1 aromatic rings. The smallest absolute Gasteiger partial charge is 0.306 e. The third-order valence-corrected chi connectivity index (χ3v) is 2.19. The number of carbonyl (C=O) groups is 1. The molecule has 0 spiro atoms. The topological polar surface area (TPSA) is 39.2 Å². The summed E-state index contributed by atoms with van der Waals surface area (Å²) in [7, 11) is 0. The Morgan fingerprint density at radius 3 is 3.00 bits per heavy atom. The lowest BCUT2D eigenvalue weighted by atomic mass is 10.2. The van der Waals surface area contributed by atoms with Crippen molar-refractivity contribution in [3.8, 4) is 0 Å². The lowest BCUT2D eigenvalue weighted by molar-refractivity contribution is -0.143. The van der Waals surface area contributed by atoms with Gasteiger partial charge < -0.3 is 4.74 Å². The van der Waals surface area contributed by atoms with Gasteiger partial charge in [-0.3, -0.25) is 9.78 Å². The average Bonchev–Trinajstić information content (AvgIpc) is 2.17. The molecule has 0 unspecified atom stereocenters. The number of rotatable bonds is 4. The van der Waals surface area contributed by atoms with E-state index < -0.39 is 5.82 Å². The van der Waals surface area contributed by atoms with Crippen molar-refractivity contribution in [2.45, 2.75) is 19.8 Å². The van der Waals surface area contributed by atoms with Gasteiger partial charge in [-0.2, -0.15) is 0 Å². The summed E-state index contributed by atoms with van der Waals surface area (Å²) in [6.07, 6.45) is 1.92. The zero-order chi connectivity index (χ0) is 11.3. The molecule has 1 rings (SSSR count). The van der Waals surface area contributed by atoms with Crippen LogP contribution < -0.4 is 0 Å². The second-order valence-corrected chi connectivity index (χ2v) is 3.80. The maximum Gasteiger partial charge on any atom is 0.306 e. The highest BCUT2D eigenvalue weighted by atomic mass is 79.9. The number of esters is 1. The molecule has 0 aromatic carbocycles. The van der Waals surface area contributed by atoms with Crippen LogP contribution in [0.15, 0.2) is 16.7 Å². The number of pyridine rings is 1. The molecule has 0 atom stereocenters. The molecular formula is C10H11BrFNO2. The van der Waals surface area contributed by atoms with Gasteiger partial charge in [0, 0.05) is 17.1 Å². The first-order valence-electron chi connectivity index (χ1n) is 4.59. The van der Waals surface area contributed by atoms with Crippen molar-refractivity contribution >= 4 is 21.9 Å². The normalized spacial score (nSPS) is 10.1. The summed E-state index contributed by atoms with van der Waals surface area (Å²) >= 11 is 3.11. The number of carbonyl (C=O) groups excluding carboxylic acids is 1. The highest BCUT2D eigenvalue weighted by molar-refractivity contribution is 9.10. The molecule has 0 fully saturated rings. The molecule has 0 amide bonds. The SMILES string of the molecule is CCOC(=O)CCc1ncc(Br)cc1F. The van der Waals surface area contributed by atoms with Crippen LogP contribution in [0.25, 0.3) is 0 Å². The Kier molecular flexibility index (Phi) is 4.68. The fraction of sp³-hybridized carbons (Fsp3) is 0.400. The van der Waals surface area contributed by atoms with E-state index >= 15 is 0 Å². The van der Waals surface area contributed by atoms with Crippen LogP contribution in [-0.4, -0.2) is 17.6 Å². The molecule has 0 radical (unpaired) electrons. The average molecular weight is 276 g/mol. The molecule has 1 aromatic heterocycles. The molecule has 0 saturated heterocycles. The largest absolute Gasteiger partial charge is 0.466 e. The molecule has 0 aliphatic carbocycles. The summed E-state index contributed by atoms with van der Waals surface area (Å²) < 4.78 is 18.6. The quantitative estimate of drug-likeness (QED) is 0.793. The third-order valence-electron chi connectivity index (χ3n) is 1.76. The van der Waals surface area contributed by atoms with E-state index in [1.807, 2.05) is 0 Å². The van der Waals surface area contributed by atoms with Crippen LogP contribution in [-0.2, 0) is 16.0 Å². The minimum absolute atomic E-state index is 0.152. The van der Waals surface area contributed by atoms with Crippen molar-refractivity contribution in [3.63, 3.8) is 0 Å². The summed E-state index contributed by atoms with van der Waals surface area (Å²) in [5.41, 5.74) is 0.284. The van der Waals surface area contributed by atoms with Crippen molar-refractivity contribution < 1.29 is 13.9 Å². The molecule has 0 saturated carbocycles. The number of halogens is 2. The summed E-state index contributed by atoms with van der Waals surface area (Å²) in [6.45, 7) is 2.07. The Balaban J connectivity index is 2.54. The van der Waals surface area contributed by atoms with Crippen LogP contribution in [0.3, 0.4) is 0 Å². The second kappa shape index (κ2) is 5.80. The van der Waals surface area contributed by atoms with Gasteiger partial charge in [-0.25, -0.2) is 4.39 Å². The number of ether oxygens (including phenoxy) is 1. The number of aryl methyl sites for hydroxylation is 1. The fourth-order valence-electron chi connectivity index (χ4n) is 1.08. The predicted octanol–water partition coefficient (Wildman–Crippen LogP) is 2.48. The molecular weight excluding hydrogens is 265 g/mol. The Labute approximate surface area is 95.8 Å². The van der Waals surface area contributed by atoms with Crippen LogP contribution in [0.5, 0.6) is 0 Å². The molecule has 0 N–H and O–H groups in total. The van der Waals surface area contributed by atoms with E-state index in [4.69, 9.17) is 4.74 Å². The van der Waals surface area contributed by atoms with Crippen molar-refractivity contribution in [1.82, 2.24) is 4.98 Å². The maximum absolute atomic E-state index is 13.2. The van der Waals surface area contributed by atoms with Gasteiger partial charge in [0.1, 0.15) is 5.82 Å². The van der Waals surface area contributed by atoms with Crippen LogP contribution >= 0.6 is 15.9 Å². The van der Waals surface area contributed by atoms with Crippen molar-refractivity contribution in [2.75, 3.05) is 6.61 Å². The Morgan fingerprint density at radius 2 is 2.40 bits per heavy atom. The van der Waals surface area contributed by atoms with Gasteiger partial charge in [0.25, 0.3) is 0 Å². The lowest BCUT2D eigenvalue weighted by Gasteiger charge is -2.02. The maximum atomic E-state index is 13.2. The first kappa shape index (κ1) is 12.1. The van der Waals surface area contributed by atoms with Gasteiger partial charge >= 0.3 is 5.97 Å². The number of aromatic nitrogens is 1. The van der Waals surface area contributed by atoms with Crippen LogP contribution in [0.2, 0.25) is 0 Å². The van der Waals surface area contributed by atoms with E-state index in [0.717, 1.165) is 0 Å². The Hall–Kier alpha value is -0.970. The number of hydrogen-bond donors (Lipinski definition) is 0. The van der Waals surface area contributed by atoms with Crippen LogP contribution in [0.4, 0.5) is 4.39 Å². The van der Waals surface area contributed by atoms with E-state index in [9.17, 15) is 9.18 Å². The lowest BCUT2D eigenvalue weighted by Crippen LogP contribution is -2.06. The standard InChI is InChI=1S/C10H11BrFNO2/c1-2-15-10(14)4-3-9-8(12)5-7(11)6-13-9/h5-6H,2-4H2,1H3. The van der Waals surface area contributed by atoms with Gasteiger partial charge in [0.2, 0.25) is 0 Å². The van der Waals surface area contributed by atoms with Gasteiger partial charge in [0.05, 0.1) is 18.7 Å².